The third-order valence-electron chi connectivity index (χ3n) is 4.10. The number of carbonyl (C=O) groups excluding carboxylic acids is 2. The molecule has 1 aromatic heterocycles. The molecule has 0 fully saturated rings. The van der Waals surface area contributed by atoms with Crippen LogP contribution in [0.4, 0.5) is 10.1 Å². The Hall–Kier alpha value is -2.96. The molecule has 7 heteroatoms. The van der Waals surface area contributed by atoms with Crippen LogP contribution in [-0.2, 0) is 11.3 Å². The number of halogens is 1. The molecule has 1 aliphatic rings. The van der Waals surface area contributed by atoms with Crippen LogP contribution < -0.4 is 15.4 Å². The Kier molecular flexibility index (Phi) is 4.65. The molecule has 130 valence electrons. The molecule has 1 atom stereocenters. The Morgan fingerprint density at radius 3 is 2.80 bits per heavy atom. The number of ether oxygens (including phenoxy) is 1. The van der Waals surface area contributed by atoms with Crippen molar-refractivity contribution in [2.75, 3.05) is 18.1 Å². The molecule has 1 aliphatic heterocycles. The molecule has 0 radical (unpaired) electrons. The van der Waals surface area contributed by atoms with Crippen LogP contribution in [0.2, 0.25) is 0 Å². The van der Waals surface area contributed by atoms with Crippen LogP contribution in [0.5, 0.6) is 5.88 Å². The zero-order chi connectivity index (χ0) is 18.0. The van der Waals surface area contributed by atoms with Crippen LogP contribution >= 0.6 is 0 Å². The third kappa shape index (κ3) is 3.31. The standard InChI is InChI=1S/C18H18FN3O3/c1-2-25-15-8-7-14-16(21-15)17(23)12(18(20)24)10-22(14)9-11-5-3-4-6-13(11)19/h3-8,12H,2,9-10H2,1H3,(H2,20,24). The van der Waals surface area contributed by atoms with E-state index in [0.717, 1.165) is 0 Å². The molecular weight excluding hydrogens is 325 g/mol. The van der Waals surface area contributed by atoms with Gasteiger partial charge in [-0.3, -0.25) is 9.59 Å². The van der Waals surface area contributed by atoms with E-state index < -0.39 is 17.6 Å². The highest BCUT2D eigenvalue weighted by Gasteiger charge is 2.37. The maximum Gasteiger partial charge on any atom is 0.230 e. The van der Waals surface area contributed by atoms with Crippen molar-refractivity contribution >= 4 is 17.4 Å². The zero-order valence-electron chi connectivity index (χ0n) is 13.7. The van der Waals surface area contributed by atoms with Crippen molar-refractivity contribution < 1.29 is 18.7 Å². The molecule has 0 saturated carbocycles. The van der Waals surface area contributed by atoms with Gasteiger partial charge < -0.3 is 15.4 Å². The summed E-state index contributed by atoms with van der Waals surface area (Å²) in [6, 6.07) is 9.71. The molecule has 0 saturated heterocycles. The molecule has 1 aromatic carbocycles. The predicted octanol–water partition coefficient (Wildman–Crippen LogP) is 1.92. The van der Waals surface area contributed by atoms with Crippen molar-refractivity contribution in [2.24, 2.45) is 11.7 Å². The number of carbonyl (C=O) groups is 2. The average Bonchev–Trinajstić information content (AvgIpc) is 2.59. The number of primary amides is 1. The summed E-state index contributed by atoms with van der Waals surface area (Å²) in [5.41, 5.74) is 6.49. The van der Waals surface area contributed by atoms with Crippen molar-refractivity contribution in [3.8, 4) is 5.88 Å². The second kappa shape index (κ2) is 6.88. The smallest absolute Gasteiger partial charge is 0.230 e. The summed E-state index contributed by atoms with van der Waals surface area (Å²) in [6.45, 7) is 2.50. The molecule has 25 heavy (non-hydrogen) atoms. The van der Waals surface area contributed by atoms with E-state index in [4.69, 9.17) is 10.5 Å². The van der Waals surface area contributed by atoms with Crippen molar-refractivity contribution in [3.05, 3.63) is 53.5 Å². The number of aromatic nitrogens is 1. The van der Waals surface area contributed by atoms with Gasteiger partial charge in [-0.05, 0) is 19.1 Å². The summed E-state index contributed by atoms with van der Waals surface area (Å²) >= 11 is 0. The minimum atomic E-state index is -1.02. The first-order valence-electron chi connectivity index (χ1n) is 7.97. The lowest BCUT2D eigenvalue weighted by molar-refractivity contribution is -0.120. The van der Waals surface area contributed by atoms with Gasteiger partial charge in [0.1, 0.15) is 17.4 Å². The summed E-state index contributed by atoms with van der Waals surface area (Å²) < 4.78 is 19.3. The van der Waals surface area contributed by atoms with Gasteiger partial charge >= 0.3 is 0 Å². The normalized spacial score (nSPS) is 16.5. The van der Waals surface area contributed by atoms with Crippen molar-refractivity contribution in [3.63, 3.8) is 0 Å². The van der Waals surface area contributed by atoms with E-state index in [-0.39, 0.29) is 24.6 Å². The van der Waals surface area contributed by atoms with Gasteiger partial charge in [0.2, 0.25) is 11.8 Å². The zero-order valence-corrected chi connectivity index (χ0v) is 13.7. The number of anilines is 1. The molecule has 2 heterocycles. The van der Waals surface area contributed by atoms with E-state index in [1.54, 1.807) is 42.2 Å². The number of nitrogens with zero attached hydrogens (tertiary/aromatic N) is 2. The van der Waals surface area contributed by atoms with Gasteiger partial charge in [0, 0.05) is 24.7 Å². The molecule has 1 amide bonds. The maximum absolute atomic E-state index is 14.0. The highest BCUT2D eigenvalue weighted by Crippen LogP contribution is 2.31. The van der Waals surface area contributed by atoms with Crippen molar-refractivity contribution in [1.82, 2.24) is 4.98 Å². The SMILES string of the molecule is CCOc1ccc2c(n1)C(=O)C(C(N)=O)CN2Cc1ccccc1F. The van der Waals surface area contributed by atoms with Crippen LogP contribution in [-0.4, -0.2) is 29.8 Å². The molecular formula is C18H18FN3O3. The molecule has 2 aromatic rings. The Bertz CT molecular complexity index is 825. The van der Waals surface area contributed by atoms with E-state index in [0.29, 0.717) is 23.7 Å². The fourth-order valence-electron chi connectivity index (χ4n) is 2.87. The summed E-state index contributed by atoms with van der Waals surface area (Å²) in [5, 5.41) is 0. The largest absolute Gasteiger partial charge is 0.478 e. The minimum Gasteiger partial charge on any atom is -0.478 e. The predicted molar refractivity (Wildman–Crippen MR) is 89.9 cm³/mol. The summed E-state index contributed by atoms with van der Waals surface area (Å²) in [5.74, 6) is -2.24. The Morgan fingerprint density at radius 2 is 2.12 bits per heavy atom. The van der Waals surface area contributed by atoms with Crippen LogP contribution in [0.1, 0.15) is 23.0 Å². The second-order valence-electron chi connectivity index (χ2n) is 5.74. The number of hydrogen-bond acceptors (Lipinski definition) is 5. The van der Waals surface area contributed by atoms with E-state index in [9.17, 15) is 14.0 Å². The van der Waals surface area contributed by atoms with Gasteiger partial charge in [0.15, 0.2) is 5.78 Å². The first-order valence-corrected chi connectivity index (χ1v) is 7.97. The van der Waals surface area contributed by atoms with Crippen LogP contribution in [0, 0.1) is 11.7 Å². The van der Waals surface area contributed by atoms with Gasteiger partial charge in [-0.2, -0.15) is 0 Å². The number of fused-ring (bicyclic) bond motifs is 1. The fourth-order valence-corrected chi connectivity index (χ4v) is 2.87. The number of benzene rings is 1. The summed E-state index contributed by atoms with van der Waals surface area (Å²) in [4.78, 5) is 30.2. The lowest BCUT2D eigenvalue weighted by Gasteiger charge is -2.33. The van der Waals surface area contributed by atoms with E-state index >= 15 is 0 Å². The topological polar surface area (TPSA) is 85.5 Å². The molecule has 0 bridgehead atoms. The van der Waals surface area contributed by atoms with Crippen LogP contribution in [0.15, 0.2) is 36.4 Å². The Morgan fingerprint density at radius 1 is 1.36 bits per heavy atom. The third-order valence-corrected chi connectivity index (χ3v) is 4.10. The number of nitrogens with two attached hydrogens (primary N) is 1. The minimum absolute atomic E-state index is 0.0885. The van der Waals surface area contributed by atoms with E-state index in [1.807, 2.05) is 0 Å². The molecule has 0 spiro atoms. The molecule has 0 aliphatic carbocycles. The highest BCUT2D eigenvalue weighted by atomic mass is 19.1. The first kappa shape index (κ1) is 16.9. The number of pyridine rings is 1. The number of Topliss-reactive ketones (excluding diaryl/α,β-unsaturated/α-hetero) is 1. The number of hydrogen-bond donors (Lipinski definition) is 1. The van der Waals surface area contributed by atoms with Gasteiger partial charge in [0.05, 0.1) is 12.3 Å². The molecule has 2 N–H and O–H groups in total. The molecule has 3 rings (SSSR count). The summed E-state index contributed by atoms with van der Waals surface area (Å²) in [6.07, 6.45) is 0. The monoisotopic (exact) mass is 343 g/mol. The van der Waals surface area contributed by atoms with Gasteiger partial charge in [0.25, 0.3) is 0 Å². The maximum atomic E-state index is 14.0. The first-order chi connectivity index (χ1) is 12.0. The molecule has 6 nitrogen and oxygen atoms in total. The van der Waals surface area contributed by atoms with Gasteiger partial charge in [-0.1, -0.05) is 18.2 Å². The lowest BCUT2D eigenvalue weighted by atomic mass is 9.93. The van der Waals surface area contributed by atoms with Gasteiger partial charge in [-0.15, -0.1) is 0 Å². The van der Waals surface area contributed by atoms with E-state index in [2.05, 4.69) is 4.98 Å². The second-order valence-corrected chi connectivity index (χ2v) is 5.74. The van der Waals surface area contributed by atoms with Crippen LogP contribution in [0.3, 0.4) is 0 Å². The van der Waals surface area contributed by atoms with Crippen molar-refractivity contribution in [1.29, 1.82) is 0 Å². The Labute approximate surface area is 144 Å². The molecule has 1 unspecified atom stereocenters. The fraction of sp³-hybridized carbons (Fsp3) is 0.278. The van der Waals surface area contributed by atoms with Crippen molar-refractivity contribution in [2.45, 2.75) is 13.5 Å². The number of ketones is 1. The van der Waals surface area contributed by atoms with Crippen LogP contribution in [0.25, 0.3) is 0 Å². The van der Waals surface area contributed by atoms with E-state index in [1.165, 1.54) is 6.07 Å². The summed E-state index contributed by atoms with van der Waals surface area (Å²) in [7, 11) is 0. The lowest BCUT2D eigenvalue weighted by Crippen LogP contribution is -2.45. The highest BCUT2D eigenvalue weighted by molar-refractivity contribution is 6.13. The number of amides is 1. The quantitative estimate of drug-likeness (QED) is 0.839. The number of rotatable bonds is 5. The van der Waals surface area contributed by atoms with Gasteiger partial charge in [-0.25, -0.2) is 9.37 Å². The average molecular weight is 343 g/mol. The Balaban J connectivity index is 2.01.